The minimum absolute atomic E-state index is 0.0821. The van der Waals surface area contributed by atoms with Crippen molar-refractivity contribution in [3.63, 3.8) is 0 Å². The molecule has 2 aromatic rings. The molecule has 1 aromatic carbocycles. The maximum atomic E-state index is 12.8. The zero-order valence-corrected chi connectivity index (χ0v) is 13.5. The molecule has 1 fully saturated rings. The lowest BCUT2D eigenvalue weighted by molar-refractivity contribution is -0.137. The van der Waals surface area contributed by atoms with Crippen molar-refractivity contribution < 1.29 is 23.4 Å². The highest BCUT2D eigenvalue weighted by Gasteiger charge is 2.32. The molecule has 25 heavy (non-hydrogen) atoms. The van der Waals surface area contributed by atoms with Gasteiger partial charge in [-0.1, -0.05) is 0 Å². The largest absolute Gasteiger partial charge is 0.507 e. The highest BCUT2D eigenvalue weighted by molar-refractivity contribution is 5.71. The fraction of sp³-hybridized carbons (Fsp3) is 0.412. The molecule has 1 heterocycles. The molecule has 0 saturated heterocycles. The first-order chi connectivity index (χ1) is 11.8. The topological polar surface area (TPSA) is 78.3 Å². The number of hydrogen-bond acceptors (Lipinski definition) is 5. The van der Waals surface area contributed by atoms with E-state index in [1.54, 1.807) is 12.1 Å². The van der Waals surface area contributed by atoms with Gasteiger partial charge in [0, 0.05) is 5.56 Å². The lowest BCUT2D eigenvalue weighted by Gasteiger charge is -2.17. The van der Waals surface area contributed by atoms with Crippen molar-refractivity contribution in [3.05, 3.63) is 35.4 Å². The molecule has 1 aliphatic carbocycles. The minimum atomic E-state index is -4.53. The van der Waals surface area contributed by atoms with Gasteiger partial charge >= 0.3 is 6.18 Å². The van der Waals surface area contributed by atoms with Gasteiger partial charge in [0.2, 0.25) is 0 Å². The maximum Gasteiger partial charge on any atom is 0.416 e. The van der Waals surface area contributed by atoms with Crippen LogP contribution in [0.3, 0.4) is 0 Å². The lowest BCUT2D eigenvalue weighted by atomic mass is 10.0. The summed E-state index contributed by atoms with van der Waals surface area (Å²) < 4.78 is 38.4. The number of anilines is 1. The summed E-state index contributed by atoms with van der Waals surface area (Å²) in [4.78, 5) is 0. The standard InChI is InChI=1S/C17H18F3N3O2/c1-9-7-10(17(18,19)20)8-14(25)16(9)12-5-6-15(23-22-12)21-11-3-2-4-13(11)24/h5-8,11,13,24-25H,2-4H2,1H3,(H,21,23). The van der Waals surface area contributed by atoms with E-state index >= 15 is 0 Å². The third-order valence-corrected chi connectivity index (χ3v) is 4.38. The zero-order chi connectivity index (χ0) is 18.2. The number of phenolic OH excluding ortho intramolecular Hbond substituents is 1. The lowest BCUT2D eigenvalue weighted by Crippen LogP contribution is -2.28. The molecule has 1 aliphatic rings. The average Bonchev–Trinajstić information content (AvgIpc) is 2.92. The molecule has 8 heteroatoms. The molecule has 2 atom stereocenters. The van der Waals surface area contributed by atoms with Crippen molar-refractivity contribution in [2.75, 3.05) is 5.32 Å². The van der Waals surface area contributed by atoms with Crippen LogP contribution < -0.4 is 5.32 Å². The van der Waals surface area contributed by atoms with E-state index in [0.29, 0.717) is 11.9 Å². The van der Waals surface area contributed by atoms with Crippen LogP contribution in [0.2, 0.25) is 0 Å². The quantitative estimate of drug-likeness (QED) is 0.787. The van der Waals surface area contributed by atoms with Gasteiger partial charge in [0.15, 0.2) is 0 Å². The van der Waals surface area contributed by atoms with Crippen molar-refractivity contribution in [2.24, 2.45) is 0 Å². The van der Waals surface area contributed by atoms with Crippen molar-refractivity contribution in [3.8, 4) is 17.0 Å². The molecule has 5 nitrogen and oxygen atoms in total. The summed E-state index contributed by atoms with van der Waals surface area (Å²) in [5, 5.41) is 30.9. The van der Waals surface area contributed by atoms with Crippen LogP contribution in [0.25, 0.3) is 11.3 Å². The Morgan fingerprint density at radius 2 is 1.92 bits per heavy atom. The van der Waals surface area contributed by atoms with Crippen LogP contribution in [-0.4, -0.2) is 32.6 Å². The molecule has 0 spiro atoms. The molecule has 134 valence electrons. The summed E-state index contributed by atoms with van der Waals surface area (Å²) in [7, 11) is 0. The van der Waals surface area contributed by atoms with E-state index < -0.39 is 23.6 Å². The van der Waals surface area contributed by atoms with Crippen LogP contribution >= 0.6 is 0 Å². The Morgan fingerprint density at radius 1 is 1.16 bits per heavy atom. The van der Waals surface area contributed by atoms with Gasteiger partial charge in [0.05, 0.1) is 23.4 Å². The first kappa shape index (κ1) is 17.5. The number of alkyl halides is 3. The Bertz CT molecular complexity index is 740. The summed E-state index contributed by atoms with van der Waals surface area (Å²) in [6, 6.07) is 4.78. The molecular formula is C17H18F3N3O2. The summed E-state index contributed by atoms with van der Waals surface area (Å²) >= 11 is 0. The SMILES string of the molecule is Cc1cc(C(F)(F)F)cc(O)c1-c1ccc(NC2CCCC2O)nn1. The molecule has 0 amide bonds. The maximum absolute atomic E-state index is 12.8. The van der Waals surface area contributed by atoms with Gasteiger partial charge in [-0.05, 0) is 56.0 Å². The van der Waals surface area contributed by atoms with Gasteiger partial charge < -0.3 is 15.5 Å². The number of rotatable bonds is 3. The van der Waals surface area contributed by atoms with Crippen molar-refractivity contribution in [1.29, 1.82) is 0 Å². The molecule has 1 aromatic heterocycles. The summed E-state index contributed by atoms with van der Waals surface area (Å²) in [6.45, 7) is 1.48. The van der Waals surface area contributed by atoms with Gasteiger partial charge in [-0.3, -0.25) is 0 Å². The Kier molecular flexibility index (Phi) is 4.55. The Morgan fingerprint density at radius 3 is 2.44 bits per heavy atom. The van der Waals surface area contributed by atoms with Gasteiger partial charge in [-0.25, -0.2) is 0 Å². The van der Waals surface area contributed by atoms with Gasteiger partial charge in [-0.15, -0.1) is 10.2 Å². The highest BCUT2D eigenvalue weighted by atomic mass is 19.4. The number of aryl methyl sites for hydroxylation is 1. The van der Waals surface area contributed by atoms with Crippen LogP contribution in [-0.2, 0) is 6.18 Å². The van der Waals surface area contributed by atoms with E-state index in [1.165, 1.54) is 6.92 Å². The highest BCUT2D eigenvalue weighted by Crippen LogP contribution is 2.38. The van der Waals surface area contributed by atoms with Crippen LogP contribution in [0, 0.1) is 6.92 Å². The first-order valence-electron chi connectivity index (χ1n) is 7.95. The molecule has 0 radical (unpaired) electrons. The fourth-order valence-corrected chi connectivity index (χ4v) is 3.11. The molecule has 3 N–H and O–H groups in total. The second-order valence-electron chi connectivity index (χ2n) is 6.24. The molecule has 3 rings (SSSR count). The van der Waals surface area contributed by atoms with Crippen LogP contribution in [0.5, 0.6) is 5.75 Å². The minimum Gasteiger partial charge on any atom is -0.507 e. The third kappa shape index (κ3) is 3.68. The predicted molar refractivity (Wildman–Crippen MR) is 86.1 cm³/mol. The number of hydrogen-bond donors (Lipinski definition) is 3. The Hall–Kier alpha value is -2.35. The summed E-state index contributed by atoms with van der Waals surface area (Å²) in [5.41, 5.74) is -0.157. The van der Waals surface area contributed by atoms with Gasteiger partial charge in [-0.2, -0.15) is 13.2 Å². The van der Waals surface area contributed by atoms with E-state index in [4.69, 9.17) is 0 Å². The number of nitrogens with one attached hydrogen (secondary N) is 1. The third-order valence-electron chi connectivity index (χ3n) is 4.38. The first-order valence-corrected chi connectivity index (χ1v) is 7.95. The van der Waals surface area contributed by atoms with Crippen LogP contribution in [0.1, 0.15) is 30.4 Å². The summed E-state index contributed by atoms with van der Waals surface area (Å²) in [6.07, 6.45) is -2.45. The van der Waals surface area contributed by atoms with Crippen molar-refractivity contribution in [2.45, 2.75) is 44.5 Å². The zero-order valence-electron chi connectivity index (χ0n) is 13.5. The van der Waals surface area contributed by atoms with Gasteiger partial charge in [0.1, 0.15) is 11.6 Å². The fourth-order valence-electron chi connectivity index (χ4n) is 3.11. The second kappa shape index (κ2) is 6.51. The molecule has 0 bridgehead atoms. The molecular weight excluding hydrogens is 335 g/mol. The number of phenols is 1. The smallest absolute Gasteiger partial charge is 0.416 e. The monoisotopic (exact) mass is 353 g/mol. The number of nitrogens with zero attached hydrogens (tertiary/aromatic N) is 2. The van der Waals surface area contributed by atoms with E-state index in [-0.39, 0.29) is 22.9 Å². The second-order valence-corrected chi connectivity index (χ2v) is 6.24. The predicted octanol–water partition coefficient (Wildman–Crippen LogP) is 3.50. The number of aromatic hydroxyl groups is 1. The average molecular weight is 353 g/mol. The molecule has 1 saturated carbocycles. The van der Waals surface area contributed by atoms with E-state index in [2.05, 4.69) is 15.5 Å². The molecule has 2 unspecified atom stereocenters. The van der Waals surface area contributed by atoms with Crippen molar-refractivity contribution >= 4 is 5.82 Å². The number of halogens is 3. The Balaban J connectivity index is 1.85. The van der Waals surface area contributed by atoms with E-state index in [9.17, 15) is 23.4 Å². The number of aromatic nitrogens is 2. The summed E-state index contributed by atoms with van der Waals surface area (Å²) in [5.74, 6) is -0.0210. The van der Waals surface area contributed by atoms with E-state index in [0.717, 1.165) is 25.3 Å². The van der Waals surface area contributed by atoms with E-state index in [1.807, 2.05) is 0 Å². The van der Waals surface area contributed by atoms with Crippen LogP contribution in [0.4, 0.5) is 19.0 Å². The van der Waals surface area contributed by atoms with Gasteiger partial charge in [0.25, 0.3) is 0 Å². The molecule has 0 aliphatic heterocycles. The number of benzene rings is 1. The number of aliphatic hydroxyl groups is 1. The van der Waals surface area contributed by atoms with Crippen molar-refractivity contribution in [1.82, 2.24) is 10.2 Å². The van der Waals surface area contributed by atoms with Crippen LogP contribution in [0.15, 0.2) is 24.3 Å². The normalized spacial score (nSPS) is 20.7. The number of aliphatic hydroxyl groups excluding tert-OH is 1. The Labute approximate surface area is 142 Å².